The number of aromatic nitrogens is 1. The average Bonchev–Trinajstić information content (AvgIpc) is 2.83. The fourth-order valence-electron chi connectivity index (χ4n) is 3.29. The number of pyridine rings is 1. The van der Waals surface area contributed by atoms with Crippen molar-refractivity contribution in [1.82, 2.24) is 10.3 Å². The monoisotopic (exact) mass is 393 g/mol. The maximum absolute atomic E-state index is 13.0. The zero-order chi connectivity index (χ0) is 20.6. The van der Waals surface area contributed by atoms with Crippen molar-refractivity contribution in [3.63, 3.8) is 0 Å². The lowest BCUT2D eigenvalue weighted by Crippen LogP contribution is -2.33. The molecule has 4 heteroatoms. The Morgan fingerprint density at radius 1 is 0.767 bits per heavy atom. The molecule has 0 aliphatic heterocycles. The van der Waals surface area contributed by atoms with Gasteiger partial charge in [0, 0.05) is 30.2 Å². The SMILES string of the molecule is O=C(NCc1ccccc1)C(Nc1ccc(-c2ccccc2)cc1)c1cccnc1. The number of carbonyl (C=O) groups excluding carboxylic acids is 1. The molecule has 1 atom stereocenters. The quantitative estimate of drug-likeness (QED) is 0.453. The molecule has 0 aliphatic carbocycles. The van der Waals surface area contributed by atoms with Crippen LogP contribution >= 0.6 is 0 Å². The number of rotatable bonds is 7. The maximum Gasteiger partial charge on any atom is 0.247 e. The Balaban J connectivity index is 1.51. The minimum Gasteiger partial charge on any atom is -0.370 e. The molecule has 148 valence electrons. The van der Waals surface area contributed by atoms with Crippen molar-refractivity contribution in [2.75, 3.05) is 5.32 Å². The summed E-state index contributed by atoms with van der Waals surface area (Å²) in [6, 6.07) is 31.4. The molecule has 0 saturated heterocycles. The molecular weight excluding hydrogens is 370 g/mol. The van der Waals surface area contributed by atoms with Crippen molar-refractivity contribution in [3.05, 3.63) is 121 Å². The highest BCUT2D eigenvalue weighted by Crippen LogP contribution is 2.24. The van der Waals surface area contributed by atoms with Crippen LogP contribution in [0.1, 0.15) is 17.2 Å². The van der Waals surface area contributed by atoms with Crippen molar-refractivity contribution in [3.8, 4) is 11.1 Å². The first-order chi connectivity index (χ1) is 14.8. The van der Waals surface area contributed by atoms with Crippen LogP contribution in [-0.2, 0) is 11.3 Å². The van der Waals surface area contributed by atoms with Crippen molar-refractivity contribution in [2.24, 2.45) is 0 Å². The first-order valence-electron chi connectivity index (χ1n) is 9.93. The Labute approximate surface area is 176 Å². The lowest BCUT2D eigenvalue weighted by Gasteiger charge is -2.20. The third kappa shape index (κ3) is 4.92. The number of benzene rings is 3. The van der Waals surface area contributed by atoms with E-state index >= 15 is 0 Å². The van der Waals surface area contributed by atoms with Gasteiger partial charge in [0.1, 0.15) is 6.04 Å². The summed E-state index contributed by atoms with van der Waals surface area (Å²) in [6.45, 7) is 0.477. The van der Waals surface area contributed by atoms with E-state index in [1.165, 1.54) is 0 Å². The van der Waals surface area contributed by atoms with Crippen LogP contribution in [0.5, 0.6) is 0 Å². The van der Waals surface area contributed by atoms with Gasteiger partial charge in [0.25, 0.3) is 0 Å². The van der Waals surface area contributed by atoms with E-state index < -0.39 is 6.04 Å². The van der Waals surface area contributed by atoms with E-state index in [4.69, 9.17) is 0 Å². The van der Waals surface area contributed by atoms with Gasteiger partial charge in [-0.25, -0.2) is 0 Å². The van der Waals surface area contributed by atoms with Crippen molar-refractivity contribution >= 4 is 11.6 Å². The third-order valence-electron chi connectivity index (χ3n) is 4.89. The summed E-state index contributed by atoms with van der Waals surface area (Å²) in [5.41, 5.74) is 5.04. The number of amides is 1. The molecule has 1 amide bonds. The Hall–Kier alpha value is -3.92. The van der Waals surface area contributed by atoms with Crippen LogP contribution in [0.15, 0.2) is 109 Å². The predicted molar refractivity (Wildman–Crippen MR) is 121 cm³/mol. The van der Waals surface area contributed by atoms with Crippen LogP contribution in [0.3, 0.4) is 0 Å². The zero-order valence-electron chi connectivity index (χ0n) is 16.5. The molecule has 0 spiro atoms. The van der Waals surface area contributed by atoms with Gasteiger partial charge in [-0.05, 0) is 34.9 Å². The lowest BCUT2D eigenvalue weighted by molar-refractivity contribution is -0.122. The van der Waals surface area contributed by atoms with Crippen LogP contribution in [0.25, 0.3) is 11.1 Å². The normalized spacial score (nSPS) is 11.5. The van der Waals surface area contributed by atoms with Crippen molar-refractivity contribution in [2.45, 2.75) is 12.6 Å². The second kappa shape index (κ2) is 9.52. The van der Waals surface area contributed by atoms with Gasteiger partial charge in [0.05, 0.1) is 0 Å². The summed E-state index contributed by atoms with van der Waals surface area (Å²) < 4.78 is 0. The molecule has 2 N–H and O–H groups in total. The van der Waals surface area contributed by atoms with E-state index in [2.05, 4.69) is 39.9 Å². The number of nitrogens with one attached hydrogen (secondary N) is 2. The second-order valence-electron chi connectivity index (χ2n) is 7.01. The van der Waals surface area contributed by atoms with E-state index in [-0.39, 0.29) is 5.91 Å². The van der Waals surface area contributed by atoms with Crippen molar-refractivity contribution < 1.29 is 4.79 Å². The molecule has 1 heterocycles. The molecule has 0 aliphatic rings. The average molecular weight is 393 g/mol. The first kappa shape index (κ1) is 19.4. The Morgan fingerprint density at radius 3 is 2.10 bits per heavy atom. The summed E-state index contributed by atoms with van der Waals surface area (Å²) in [6.07, 6.45) is 3.43. The molecule has 0 saturated carbocycles. The number of hydrogen-bond acceptors (Lipinski definition) is 3. The van der Waals surface area contributed by atoms with Gasteiger partial charge in [-0.2, -0.15) is 0 Å². The van der Waals surface area contributed by atoms with E-state index in [1.54, 1.807) is 12.4 Å². The largest absolute Gasteiger partial charge is 0.370 e. The second-order valence-corrected chi connectivity index (χ2v) is 7.01. The molecule has 30 heavy (non-hydrogen) atoms. The summed E-state index contributed by atoms with van der Waals surface area (Å²) in [7, 11) is 0. The molecule has 3 aromatic carbocycles. The number of anilines is 1. The number of hydrogen-bond donors (Lipinski definition) is 2. The fraction of sp³-hybridized carbons (Fsp3) is 0.0769. The molecule has 1 unspecified atom stereocenters. The van der Waals surface area contributed by atoms with Crippen LogP contribution in [-0.4, -0.2) is 10.9 Å². The van der Waals surface area contributed by atoms with E-state index in [9.17, 15) is 4.79 Å². The standard InChI is InChI=1S/C26H23N3O/c30-26(28-18-20-8-3-1-4-9-20)25(23-12-7-17-27-19-23)29-24-15-13-22(14-16-24)21-10-5-2-6-11-21/h1-17,19,25,29H,18H2,(H,28,30). The lowest BCUT2D eigenvalue weighted by atomic mass is 10.0. The van der Waals surface area contributed by atoms with Crippen LogP contribution in [0.2, 0.25) is 0 Å². The first-order valence-corrected chi connectivity index (χ1v) is 9.93. The van der Waals surface area contributed by atoms with Gasteiger partial charge in [-0.1, -0.05) is 78.9 Å². The number of nitrogens with zero attached hydrogens (tertiary/aromatic N) is 1. The molecule has 0 radical (unpaired) electrons. The highest BCUT2D eigenvalue weighted by atomic mass is 16.2. The van der Waals surface area contributed by atoms with E-state index in [1.807, 2.05) is 72.8 Å². The van der Waals surface area contributed by atoms with E-state index in [0.29, 0.717) is 6.54 Å². The minimum absolute atomic E-state index is 0.0982. The summed E-state index contributed by atoms with van der Waals surface area (Å²) in [4.78, 5) is 17.2. The van der Waals surface area contributed by atoms with Gasteiger partial charge < -0.3 is 10.6 Å². The molecular formula is C26H23N3O. The Bertz CT molecular complexity index is 1070. The van der Waals surface area contributed by atoms with Crippen molar-refractivity contribution in [1.29, 1.82) is 0 Å². The molecule has 4 nitrogen and oxygen atoms in total. The van der Waals surface area contributed by atoms with E-state index in [0.717, 1.165) is 27.9 Å². The van der Waals surface area contributed by atoms with Gasteiger partial charge in [-0.3, -0.25) is 9.78 Å². The maximum atomic E-state index is 13.0. The smallest absolute Gasteiger partial charge is 0.247 e. The predicted octanol–water partition coefficient (Wildman–Crippen LogP) is 5.22. The van der Waals surface area contributed by atoms with Crippen LogP contribution < -0.4 is 10.6 Å². The Kier molecular flexibility index (Phi) is 6.16. The number of carbonyl (C=O) groups is 1. The highest BCUT2D eigenvalue weighted by Gasteiger charge is 2.20. The topological polar surface area (TPSA) is 54.0 Å². The molecule has 4 aromatic rings. The Morgan fingerprint density at radius 2 is 1.43 bits per heavy atom. The van der Waals surface area contributed by atoms with Gasteiger partial charge in [0.2, 0.25) is 5.91 Å². The molecule has 0 bridgehead atoms. The van der Waals surface area contributed by atoms with Gasteiger partial charge >= 0.3 is 0 Å². The zero-order valence-corrected chi connectivity index (χ0v) is 16.5. The summed E-state index contributed by atoms with van der Waals surface area (Å²) in [5, 5.41) is 6.38. The third-order valence-corrected chi connectivity index (χ3v) is 4.89. The van der Waals surface area contributed by atoms with Gasteiger partial charge in [-0.15, -0.1) is 0 Å². The fourth-order valence-corrected chi connectivity index (χ4v) is 3.29. The van der Waals surface area contributed by atoms with Crippen LogP contribution in [0.4, 0.5) is 5.69 Å². The highest BCUT2D eigenvalue weighted by molar-refractivity contribution is 5.86. The molecule has 4 rings (SSSR count). The van der Waals surface area contributed by atoms with Gasteiger partial charge in [0.15, 0.2) is 0 Å². The summed E-state index contributed by atoms with van der Waals surface area (Å²) >= 11 is 0. The van der Waals surface area contributed by atoms with Crippen LogP contribution in [0, 0.1) is 0 Å². The molecule has 1 aromatic heterocycles. The molecule has 0 fully saturated rings. The summed E-state index contributed by atoms with van der Waals surface area (Å²) in [5.74, 6) is -0.0982. The minimum atomic E-state index is -0.537.